The predicted molar refractivity (Wildman–Crippen MR) is 107 cm³/mol. The minimum absolute atomic E-state index is 0.00118. The van der Waals surface area contributed by atoms with Crippen molar-refractivity contribution in [2.75, 3.05) is 25.0 Å². The minimum Gasteiger partial charge on any atom is -0.322 e. The molecule has 1 N–H and O–H groups in total. The largest absolute Gasteiger partial charge is 0.416 e. The van der Waals surface area contributed by atoms with Gasteiger partial charge in [-0.2, -0.15) is 13.2 Å². The second-order valence-corrected chi connectivity index (χ2v) is 7.58. The first-order valence-corrected chi connectivity index (χ1v) is 10.1. The van der Waals surface area contributed by atoms with Crippen LogP contribution in [-0.4, -0.2) is 35.4 Å². The van der Waals surface area contributed by atoms with Gasteiger partial charge in [-0.05, 0) is 81.2 Å². The summed E-state index contributed by atoms with van der Waals surface area (Å²) in [5.74, 6) is -0.596. The number of carbonyl (C=O) groups is 1. The third-order valence-corrected chi connectivity index (χ3v) is 5.27. The van der Waals surface area contributed by atoms with Crippen LogP contribution in [0.4, 0.5) is 18.9 Å². The zero-order valence-electron chi connectivity index (χ0n) is 15.9. The molecule has 1 fully saturated rings. The number of nitrogens with one attached hydrogen (secondary N) is 1. The number of aryl methyl sites for hydroxylation is 1. The quantitative estimate of drug-likeness (QED) is 0.628. The maximum absolute atomic E-state index is 13.3. The Morgan fingerprint density at radius 2 is 1.93 bits per heavy atom. The van der Waals surface area contributed by atoms with Gasteiger partial charge >= 0.3 is 6.18 Å². The molecule has 3 rings (SSSR count). The molecule has 1 saturated heterocycles. The summed E-state index contributed by atoms with van der Waals surface area (Å²) in [5.41, 5.74) is -0.0269. The van der Waals surface area contributed by atoms with Crippen molar-refractivity contribution in [3.63, 3.8) is 0 Å². The van der Waals surface area contributed by atoms with Crippen LogP contribution in [0.3, 0.4) is 0 Å². The molecule has 0 spiro atoms. The van der Waals surface area contributed by atoms with Gasteiger partial charge in [0.25, 0.3) is 5.91 Å². The molecule has 156 valence electrons. The van der Waals surface area contributed by atoms with E-state index in [1.807, 2.05) is 0 Å². The zero-order valence-corrected chi connectivity index (χ0v) is 16.7. The first kappa shape index (κ1) is 21.6. The van der Waals surface area contributed by atoms with Crippen molar-refractivity contribution >= 4 is 23.2 Å². The molecule has 0 atom stereocenters. The van der Waals surface area contributed by atoms with Crippen molar-refractivity contribution in [2.24, 2.45) is 0 Å². The Labute approximate surface area is 173 Å². The van der Waals surface area contributed by atoms with Crippen molar-refractivity contribution in [3.05, 3.63) is 58.4 Å². The van der Waals surface area contributed by atoms with E-state index in [-0.39, 0.29) is 16.4 Å². The average Bonchev–Trinajstić information content (AvgIpc) is 2.68. The van der Waals surface area contributed by atoms with Crippen molar-refractivity contribution in [1.29, 1.82) is 0 Å². The summed E-state index contributed by atoms with van der Waals surface area (Å²) < 4.78 is 40.0. The second-order valence-electron chi connectivity index (χ2n) is 7.22. The maximum Gasteiger partial charge on any atom is 0.416 e. The van der Waals surface area contributed by atoms with Gasteiger partial charge in [-0.1, -0.05) is 18.0 Å². The third-order valence-electron chi connectivity index (χ3n) is 4.97. The van der Waals surface area contributed by atoms with Gasteiger partial charge in [-0.15, -0.1) is 0 Å². The first-order valence-electron chi connectivity index (χ1n) is 9.68. The molecule has 1 amide bonds. The van der Waals surface area contributed by atoms with E-state index in [0.717, 1.165) is 38.2 Å². The van der Waals surface area contributed by atoms with Crippen LogP contribution >= 0.6 is 11.6 Å². The molecule has 0 aliphatic carbocycles. The van der Waals surface area contributed by atoms with Crippen LogP contribution in [-0.2, 0) is 12.6 Å². The van der Waals surface area contributed by atoms with Gasteiger partial charge in [0.2, 0.25) is 0 Å². The molecule has 4 nitrogen and oxygen atoms in total. The van der Waals surface area contributed by atoms with Gasteiger partial charge in [0, 0.05) is 11.9 Å². The number of aromatic nitrogens is 1. The number of halogens is 4. The third kappa shape index (κ3) is 6.18. The lowest BCUT2D eigenvalue weighted by atomic mass is 10.0. The molecule has 1 aromatic carbocycles. The van der Waals surface area contributed by atoms with Crippen molar-refractivity contribution in [2.45, 2.75) is 38.3 Å². The van der Waals surface area contributed by atoms with Crippen molar-refractivity contribution in [3.8, 4) is 0 Å². The summed E-state index contributed by atoms with van der Waals surface area (Å²) in [5, 5.41) is 2.52. The molecule has 1 aromatic heterocycles. The SMILES string of the molecule is O=C(Nc1cc(CCCN2CCCCC2)cc(C(F)(F)F)c1)c1cccnc1Cl. The van der Waals surface area contributed by atoms with E-state index in [2.05, 4.69) is 15.2 Å². The molecule has 1 aliphatic heterocycles. The number of alkyl halides is 3. The lowest BCUT2D eigenvalue weighted by molar-refractivity contribution is -0.137. The van der Waals surface area contributed by atoms with E-state index in [4.69, 9.17) is 11.6 Å². The first-order chi connectivity index (χ1) is 13.8. The van der Waals surface area contributed by atoms with Crippen LogP contribution in [0.1, 0.15) is 47.2 Å². The van der Waals surface area contributed by atoms with Gasteiger partial charge in [-0.3, -0.25) is 4.79 Å². The number of likely N-dealkylation sites (tertiary alicyclic amines) is 1. The highest BCUT2D eigenvalue weighted by atomic mass is 35.5. The fraction of sp³-hybridized carbons (Fsp3) is 0.429. The standard InChI is InChI=1S/C21H23ClF3N3O/c22-19-18(7-4-8-26-19)20(29)27-17-13-15(12-16(14-17)21(23,24)25)6-5-11-28-9-2-1-3-10-28/h4,7-8,12-14H,1-3,5-6,9-11H2,(H,27,29). The fourth-order valence-electron chi connectivity index (χ4n) is 3.52. The molecule has 29 heavy (non-hydrogen) atoms. The Balaban J connectivity index is 1.73. The van der Waals surface area contributed by atoms with Crippen LogP contribution in [0, 0.1) is 0 Å². The number of anilines is 1. The molecule has 0 saturated carbocycles. The summed E-state index contributed by atoms with van der Waals surface area (Å²) in [4.78, 5) is 18.6. The number of amides is 1. The molecule has 8 heteroatoms. The highest BCUT2D eigenvalue weighted by molar-refractivity contribution is 6.33. The summed E-state index contributed by atoms with van der Waals surface area (Å²) >= 11 is 5.91. The van der Waals surface area contributed by atoms with E-state index in [9.17, 15) is 18.0 Å². The number of nitrogens with zero attached hydrogens (tertiary/aromatic N) is 2. The Hall–Kier alpha value is -2.12. The summed E-state index contributed by atoms with van der Waals surface area (Å²) in [7, 11) is 0. The Kier molecular flexibility index (Phi) is 7.14. The number of benzene rings is 1. The van der Waals surface area contributed by atoms with Gasteiger partial charge < -0.3 is 10.2 Å². The lowest BCUT2D eigenvalue weighted by Gasteiger charge is -2.26. The number of pyridine rings is 1. The number of rotatable bonds is 6. The Morgan fingerprint density at radius 1 is 1.17 bits per heavy atom. The molecular weight excluding hydrogens is 403 g/mol. The maximum atomic E-state index is 13.3. The molecule has 0 bridgehead atoms. The van der Waals surface area contributed by atoms with Crippen molar-refractivity contribution < 1.29 is 18.0 Å². The van der Waals surface area contributed by atoms with Gasteiger partial charge in [0.15, 0.2) is 0 Å². The lowest BCUT2D eigenvalue weighted by Crippen LogP contribution is -2.30. The second kappa shape index (κ2) is 9.59. The summed E-state index contributed by atoms with van der Waals surface area (Å²) in [6, 6.07) is 6.70. The van der Waals surface area contributed by atoms with Gasteiger partial charge in [0.1, 0.15) is 5.15 Å². The van der Waals surface area contributed by atoms with Crippen LogP contribution in [0.2, 0.25) is 5.15 Å². The van der Waals surface area contributed by atoms with Crippen LogP contribution < -0.4 is 5.32 Å². The number of hydrogen-bond donors (Lipinski definition) is 1. The van der Waals surface area contributed by atoms with Crippen LogP contribution in [0.5, 0.6) is 0 Å². The molecule has 1 aliphatic rings. The topological polar surface area (TPSA) is 45.2 Å². The van der Waals surface area contributed by atoms with Crippen molar-refractivity contribution in [1.82, 2.24) is 9.88 Å². The normalized spacial score (nSPS) is 15.3. The molecule has 2 aromatic rings. The minimum atomic E-state index is -4.49. The molecular formula is C21H23ClF3N3O. The van der Waals surface area contributed by atoms with E-state index in [1.165, 1.54) is 31.5 Å². The fourth-order valence-corrected chi connectivity index (χ4v) is 3.72. The smallest absolute Gasteiger partial charge is 0.322 e. The average molecular weight is 426 g/mol. The summed E-state index contributed by atoms with van der Waals surface area (Å²) in [6.07, 6.45) is 1.82. The number of carbonyl (C=O) groups excluding carboxylic acids is 1. The Bertz CT molecular complexity index is 851. The Morgan fingerprint density at radius 3 is 2.62 bits per heavy atom. The van der Waals surface area contributed by atoms with E-state index in [1.54, 1.807) is 12.1 Å². The molecule has 0 radical (unpaired) electrons. The predicted octanol–water partition coefficient (Wildman–Crippen LogP) is 5.42. The van der Waals surface area contributed by atoms with Gasteiger partial charge in [-0.25, -0.2) is 4.98 Å². The van der Waals surface area contributed by atoms with E-state index < -0.39 is 17.6 Å². The van der Waals surface area contributed by atoms with E-state index >= 15 is 0 Å². The van der Waals surface area contributed by atoms with Crippen LogP contribution in [0.25, 0.3) is 0 Å². The molecule has 2 heterocycles. The number of hydrogen-bond acceptors (Lipinski definition) is 3. The summed E-state index contributed by atoms with van der Waals surface area (Å²) in [6.45, 7) is 2.97. The highest BCUT2D eigenvalue weighted by Gasteiger charge is 2.31. The van der Waals surface area contributed by atoms with E-state index in [0.29, 0.717) is 12.0 Å². The van der Waals surface area contributed by atoms with Gasteiger partial charge in [0.05, 0.1) is 11.1 Å². The number of piperidine rings is 1. The van der Waals surface area contributed by atoms with Crippen LogP contribution in [0.15, 0.2) is 36.5 Å². The highest BCUT2D eigenvalue weighted by Crippen LogP contribution is 2.32. The zero-order chi connectivity index (χ0) is 20.9. The molecule has 0 unspecified atom stereocenters. The monoisotopic (exact) mass is 425 g/mol.